The van der Waals surface area contributed by atoms with E-state index in [1.807, 2.05) is 6.92 Å². The Morgan fingerprint density at radius 1 is 1.80 bits per heavy atom. The summed E-state index contributed by atoms with van der Waals surface area (Å²) in [5.41, 5.74) is 6.25. The molecule has 0 saturated heterocycles. The average molecular weight is 212 g/mol. The molecule has 0 spiro atoms. The van der Waals surface area contributed by atoms with Gasteiger partial charge < -0.3 is 16.2 Å². The molecule has 84 valence electrons. The molecule has 0 bridgehead atoms. The molecule has 0 aliphatic carbocycles. The van der Waals surface area contributed by atoms with Gasteiger partial charge >= 0.3 is 0 Å². The molecule has 1 amide bonds. The highest BCUT2D eigenvalue weighted by molar-refractivity contribution is 5.97. The van der Waals surface area contributed by atoms with Gasteiger partial charge in [0.05, 0.1) is 24.5 Å². The van der Waals surface area contributed by atoms with Gasteiger partial charge in [-0.3, -0.25) is 9.48 Å². The molecular formula is C9H16N4O2. The van der Waals surface area contributed by atoms with Gasteiger partial charge in [-0.15, -0.1) is 0 Å². The second-order valence-electron chi connectivity index (χ2n) is 3.33. The number of aliphatic hydroxyl groups excluding tert-OH is 1. The lowest BCUT2D eigenvalue weighted by atomic mass is 10.2. The van der Waals surface area contributed by atoms with Crippen molar-refractivity contribution in [3.63, 3.8) is 0 Å². The van der Waals surface area contributed by atoms with Crippen LogP contribution in [0.1, 0.15) is 23.8 Å². The first kappa shape index (κ1) is 11.5. The minimum atomic E-state index is -0.312. The third-order valence-electron chi connectivity index (χ3n) is 2.23. The van der Waals surface area contributed by atoms with Gasteiger partial charge in [0.15, 0.2) is 0 Å². The first-order chi connectivity index (χ1) is 7.10. The standard InChI is InChI=1S/C9H16N4O2/c1-3-6(5-14)12-9(15)8-7(10)4-11-13(8)2/h4,6,14H,3,5,10H2,1-2H3,(H,12,15)/t6-/m0/s1. The predicted octanol–water partition coefficient (Wildman–Crippen LogP) is -0.497. The van der Waals surface area contributed by atoms with Crippen molar-refractivity contribution in [2.45, 2.75) is 19.4 Å². The normalized spacial score (nSPS) is 12.5. The summed E-state index contributed by atoms with van der Waals surface area (Å²) in [5.74, 6) is -0.312. The van der Waals surface area contributed by atoms with E-state index >= 15 is 0 Å². The highest BCUT2D eigenvalue weighted by Gasteiger charge is 2.17. The molecule has 1 aromatic heterocycles. The Bertz CT molecular complexity index is 324. The van der Waals surface area contributed by atoms with Crippen LogP contribution in [0.2, 0.25) is 0 Å². The Hall–Kier alpha value is -1.56. The molecule has 0 radical (unpaired) electrons. The monoisotopic (exact) mass is 212 g/mol. The predicted molar refractivity (Wildman–Crippen MR) is 56.3 cm³/mol. The number of rotatable bonds is 4. The van der Waals surface area contributed by atoms with Crippen LogP contribution in [-0.4, -0.2) is 33.4 Å². The van der Waals surface area contributed by atoms with E-state index in [2.05, 4.69) is 10.4 Å². The van der Waals surface area contributed by atoms with Crippen molar-refractivity contribution in [1.29, 1.82) is 0 Å². The number of aromatic nitrogens is 2. The van der Waals surface area contributed by atoms with E-state index in [-0.39, 0.29) is 18.6 Å². The van der Waals surface area contributed by atoms with Crippen LogP contribution < -0.4 is 11.1 Å². The summed E-state index contributed by atoms with van der Waals surface area (Å²) in [6.07, 6.45) is 2.09. The summed E-state index contributed by atoms with van der Waals surface area (Å²) in [6.45, 7) is 1.80. The van der Waals surface area contributed by atoms with E-state index < -0.39 is 0 Å². The number of nitrogens with one attached hydrogen (secondary N) is 1. The Morgan fingerprint density at radius 2 is 2.47 bits per heavy atom. The van der Waals surface area contributed by atoms with E-state index in [0.717, 1.165) is 0 Å². The van der Waals surface area contributed by atoms with Crippen molar-refractivity contribution >= 4 is 11.6 Å². The minimum Gasteiger partial charge on any atom is -0.396 e. The van der Waals surface area contributed by atoms with Crippen molar-refractivity contribution in [3.8, 4) is 0 Å². The summed E-state index contributed by atoms with van der Waals surface area (Å²) >= 11 is 0. The summed E-state index contributed by atoms with van der Waals surface area (Å²) in [4.78, 5) is 11.7. The molecule has 1 heterocycles. The van der Waals surface area contributed by atoms with Crippen molar-refractivity contribution in [2.75, 3.05) is 12.3 Å². The molecule has 0 saturated carbocycles. The zero-order chi connectivity index (χ0) is 11.4. The zero-order valence-electron chi connectivity index (χ0n) is 8.90. The fourth-order valence-corrected chi connectivity index (χ4v) is 1.26. The number of amides is 1. The number of carbonyl (C=O) groups excluding carboxylic acids is 1. The number of aliphatic hydroxyl groups is 1. The smallest absolute Gasteiger partial charge is 0.271 e. The molecule has 0 unspecified atom stereocenters. The second kappa shape index (κ2) is 4.79. The highest BCUT2D eigenvalue weighted by atomic mass is 16.3. The van der Waals surface area contributed by atoms with Crippen LogP contribution in [0.5, 0.6) is 0 Å². The number of nitrogens with zero attached hydrogens (tertiary/aromatic N) is 2. The van der Waals surface area contributed by atoms with E-state index in [0.29, 0.717) is 17.8 Å². The van der Waals surface area contributed by atoms with Crippen LogP contribution in [0.15, 0.2) is 6.20 Å². The molecule has 4 N–H and O–H groups in total. The molecule has 15 heavy (non-hydrogen) atoms. The fraction of sp³-hybridized carbons (Fsp3) is 0.556. The Balaban J connectivity index is 2.77. The first-order valence-electron chi connectivity index (χ1n) is 4.79. The van der Waals surface area contributed by atoms with E-state index in [1.54, 1.807) is 7.05 Å². The third-order valence-corrected chi connectivity index (χ3v) is 2.23. The maximum atomic E-state index is 11.7. The molecule has 0 aliphatic rings. The summed E-state index contributed by atoms with van der Waals surface area (Å²) in [7, 11) is 1.64. The quantitative estimate of drug-likeness (QED) is 0.627. The van der Waals surface area contributed by atoms with Gasteiger partial charge in [0, 0.05) is 7.05 Å². The topological polar surface area (TPSA) is 93.2 Å². The van der Waals surface area contributed by atoms with Crippen molar-refractivity contribution in [3.05, 3.63) is 11.9 Å². The van der Waals surface area contributed by atoms with Gasteiger partial charge in [0.25, 0.3) is 5.91 Å². The van der Waals surface area contributed by atoms with Gasteiger partial charge in [-0.05, 0) is 6.42 Å². The van der Waals surface area contributed by atoms with Gasteiger partial charge in [-0.1, -0.05) is 6.92 Å². The van der Waals surface area contributed by atoms with Crippen LogP contribution in [0, 0.1) is 0 Å². The van der Waals surface area contributed by atoms with Crippen LogP contribution in [-0.2, 0) is 7.05 Å². The second-order valence-corrected chi connectivity index (χ2v) is 3.33. The first-order valence-corrected chi connectivity index (χ1v) is 4.79. The number of anilines is 1. The lowest BCUT2D eigenvalue weighted by Crippen LogP contribution is -2.38. The number of nitrogens with two attached hydrogens (primary N) is 1. The van der Waals surface area contributed by atoms with Gasteiger partial charge in [0.1, 0.15) is 5.69 Å². The van der Waals surface area contributed by atoms with Gasteiger partial charge in [-0.2, -0.15) is 5.10 Å². The Morgan fingerprint density at radius 3 is 2.87 bits per heavy atom. The SMILES string of the molecule is CC[C@@H](CO)NC(=O)c1c(N)cnn1C. The molecule has 0 aromatic carbocycles. The highest BCUT2D eigenvalue weighted by Crippen LogP contribution is 2.09. The molecular weight excluding hydrogens is 196 g/mol. The molecule has 6 nitrogen and oxygen atoms in total. The Kier molecular flexibility index (Phi) is 3.68. The number of carbonyl (C=O) groups is 1. The van der Waals surface area contributed by atoms with E-state index in [4.69, 9.17) is 10.8 Å². The minimum absolute atomic E-state index is 0.0833. The summed E-state index contributed by atoms with van der Waals surface area (Å²) in [6, 6.07) is -0.244. The Labute approximate surface area is 88.1 Å². The maximum absolute atomic E-state index is 11.7. The number of aryl methyl sites for hydroxylation is 1. The molecule has 0 fully saturated rings. The molecule has 0 aliphatic heterocycles. The van der Waals surface area contributed by atoms with Crippen molar-refractivity contribution < 1.29 is 9.90 Å². The van der Waals surface area contributed by atoms with Crippen molar-refractivity contribution in [1.82, 2.24) is 15.1 Å². The maximum Gasteiger partial charge on any atom is 0.271 e. The van der Waals surface area contributed by atoms with Crippen LogP contribution in [0.25, 0.3) is 0 Å². The number of hydrogen-bond donors (Lipinski definition) is 3. The molecule has 1 rings (SSSR count). The van der Waals surface area contributed by atoms with E-state index in [1.165, 1.54) is 10.9 Å². The lowest BCUT2D eigenvalue weighted by Gasteiger charge is -2.14. The molecule has 1 atom stereocenters. The largest absolute Gasteiger partial charge is 0.396 e. The number of nitrogen functional groups attached to an aromatic ring is 1. The van der Waals surface area contributed by atoms with Crippen LogP contribution >= 0.6 is 0 Å². The summed E-state index contributed by atoms with van der Waals surface area (Å²) < 4.78 is 1.41. The lowest BCUT2D eigenvalue weighted by molar-refractivity contribution is 0.0906. The van der Waals surface area contributed by atoms with Crippen LogP contribution in [0.3, 0.4) is 0 Å². The number of hydrogen-bond acceptors (Lipinski definition) is 4. The van der Waals surface area contributed by atoms with Crippen molar-refractivity contribution in [2.24, 2.45) is 7.05 Å². The van der Waals surface area contributed by atoms with Gasteiger partial charge in [0.2, 0.25) is 0 Å². The molecule has 1 aromatic rings. The fourth-order valence-electron chi connectivity index (χ4n) is 1.26. The zero-order valence-corrected chi connectivity index (χ0v) is 8.90. The molecule has 6 heteroatoms. The van der Waals surface area contributed by atoms with Gasteiger partial charge in [-0.25, -0.2) is 0 Å². The third kappa shape index (κ3) is 2.47. The summed E-state index contributed by atoms with van der Waals surface area (Å²) in [5, 5.41) is 15.5. The van der Waals surface area contributed by atoms with Crippen LogP contribution in [0.4, 0.5) is 5.69 Å². The average Bonchev–Trinajstić information content (AvgIpc) is 2.55. The van der Waals surface area contributed by atoms with E-state index in [9.17, 15) is 4.79 Å².